The van der Waals surface area contributed by atoms with E-state index in [1.165, 1.54) is 5.56 Å². The Bertz CT molecular complexity index is 378. The Balaban J connectivity index is 1.75. The highest BCUT2D eigenvalue weighted by molar-refractivity contribution is 6.30. The molecule has 5 heteroatoms. The summed E-state index contributed by atoms with van der Waals surface area (Å²) in [5, 5.41) is 19.0. The highest BCUT2D eigenvalue weighted by Gasteiger charge is 2.18. The predicted molar refractivity (Wildman–Crippen MR) is 76.3 cm³/mol. The summed E-state index contributed by atoms with van der Waals surface area (Å²) >= 11 is 5.87. The summed E-state index contributed by atoms with van der Waals surface area (Å²) in [5.41, 5.74) is 1.27. The number of aliphatic hydroxyl groups excluding tert-OH is 2. The number of piperazine rings is 1. The van der Waals surface area contributed by atoms with Crippen molar-refractivity contribution in [1.29, 1.82) is 0 Å². The van der Waals surface area contributed by atoms with Crippen molar-refractivity contribution < 1.29 is 10.2 Å². The van der Waals surface area contributed by atoms with Gasteiger partial charge in [0.15, 0.2) is 0 Å². The minimum Gasteiger partial charge on any atom is -0.394 e. The van der Waals surface area contributed by atoms with Gasteiger partial charge in [0.25, 0.3) is 0 Å². The average molecular weight is 285 g/mol. The van der Waals surface area contributed by atoms with Gasteiger partial charge < -0.3 is 10.2 Å². The fourth-order valence-corrected chi connectivity index (χ4v) is 2.46. The van der Waals surface area contributed by atoms with Crippen LogP contribution in [0.25, 0.3) is 0 Å². The third-order valence-electron chi connectivity index (χ3n) is 3.46. The molecular weight excluding hydrogens is 264 g/mol. The normalized spacial score (nSPS) is 19.5. The molecule has 1 aliphatic heterocycles. The summed E-state index contributed by atoms with van der Waals surface area (Å²) in [4.78, 5) is 4.59. The molecule has 1 fully saturated rings. The minimum atomic E-state index is -0.622. The Labute approximate surface area is 119 Å². The molecule has 1 heterocycles. The maximum Gasteiger partial charge on any atom is 0.0897 e. The van der Waals surface area contributed by atoms with Crippen LogP contribution in [0.2, 0.25) is 5.02 Å². The first kappa shape index (κ1) is 14.8. The molecule has 1 aliphatic rings. The lowest BCUT2D eigenvalue weighted by Gasteiger charge is -2.35. The summed E-state index contributed by atoms with van der Waals surface area (Å²) in [6, 6.07) is 7.96. The van der Waals surface area contributed by atoms with Crippen LogP contribution in [-0.2, 0) is 6.54 Å². The van der Waals surface area contributed by atoms with Gasteiger partial charge in [0.05, 0.1) is 12.7 Å². The molecule has 0 radical (unpaired) electrons. The molecule has 1 aromatic rings. The summed E-state index contributed by atoms with van der Waals surface area (Å²) in [5.74, 6) is 0. The van der Waals surface area contributed by atoms with E-state index in [0.717, 1.165) is 37.7 Å². The van der Waals surface area contributed by atoms with Gasteiger partial charge in [0.2, 0.25) is 0 Å². The van der Waals surface area contributed by atoms with E-state index in [4.69, 9.17) is 16.7 Å². The van der Waals surface area contributed by atoms with Gasteiger partial charge in [0, 0.05) is 44.3 Å². The lowest BCUT2D eigenvalue weighted by Crippen LogP contribution is -2.48. The third kappa shape index (κ3) is 4.75. The molecule has 0 saturated carbocycles. The van der Waals surface area contributed by atoms with Gasteiger partial charge in [-0.2, -0.15) is 0 Å². The molecule has 1 unspecified atom stereocenters. The SMILES string of the molecule is OCC(O)CN1CCN(Cc2ccc(Cl)cc2)CC1. The molecule has 0 aliphatic carbocycles. The second-order valence-corrected chi connectivity index (χ2v) is 5.48. The van der Waals surface area contributed by atoms with Crippen LogP contribution in [0.4, 0.5) is 0 Å². The van der Waals surface area contributed by atoms with E-state index in [2.05, 4.69) is 21.9 Å². The van der Waals surface area contributed by atoms with Crippen molar-refractivity contribution in [2.45, 2.75) is 12.6 Å². The fraction of sp³-hybridized carbons (Fsp3) is 0.571. The second kappa shape index (κ2) is 7.22. The van der Waals surface area contributed by atoms with Crippen molar-refractivity contribution in [3.63, 3.8) is 0 Å². The zero-order valence-electron chi connectivity index (χ0n) is 11.0. The number of β-amino-alcohol motifs (C(OH)–C–C–N with tert-alkyl or cyclic N) is 1. The summed E-state index contributed by atoms with van der Waals surface area (Å²) in [6.45, 7) is 5.18. The molecule has 2 N–H and O–H groups in total. The first-order valence-electron chi connectivity index (χ1n) is 6.65. The summed E-state index contributed by atoms with van der Waals surface area (Å²) in [7, 11) is 0. The van der Waals surface area contributed by atoms with E-state index < -0.39 is 6.10 Å². The van der Waals surface area contributed by atoms with Crippen LogP contribution in [0.1, 0.15) is 5.56 Å². The highest BCUT2D eigenvalue weighted by Crippen LogP contribution is 2.13. The Morgan fingerprint density at radius 3 is 2.21 bits per heavy atom. The highest BCUT2D eigenvalue weighted by atomic mass is 35.5. The maximum absolute atomic E-state index is 9.42. The number of hydrogen-bond donors (Lipinski definition) is 2. The molecule has 0 bridgehead atoms. The topological polar surface area (TPSA) is 46.9 Å². The largest absolute Gasteiger partial charge is 0.394 e. The first-order valence-corrected chi connectivity index (χ1v) is 7.03. The van der Waals surface area contributed by atoms with Crippen LogP contribution < -0.4 is 0 Å². The summed E-state index contributed by atoms with van der Waals surface area (Å²) in [6.07, 6.45) is -0.622. The Kier molecular flexibility index (Phi) is 5.60. The van der Waals surface area contributed by atoms with Gasteiger partial charge in [-0.3, -0.25) is 9.80 Å². The van der Waals surface area contributed by atoms with Gasteiger partial charge in [-0.05, 0) is 17.7 Å². The number of hydrogen-bond acceptors (Lipinski definition) is 4. The van der Waals surface area contributed by atoms with E-state index in [0.29, 0.717) is 6.54 Å². The Morgan fingerprint density at radius 1 is 1.05 bits per heavy atom. The standard InChI is InChI=1S/C14H21ClN2O2/c15-13-3-1-12(2-4-13)9-16-5-7-17(8-6-16)10-14(19)11-18/h1-4,14,18-19H,5-11H2. The molecular formula is C14H21ClN2O2. The molecule has 106 valence electrons. The van der Waals surface area contributed by atoms with Crippen molar-refractivity contribution in [2.24, 2.45) is 0 Å². The average Bonchev–Trinajstić information content (AvgIpc) is 2.43. The van der Waals surface area contributed by atoms with Crippen molar-refractivity contribution in [3.8, 4) is 0 Å². The Morgan fingerprint density at radius 2 is 1.63 bits per heavy atom. The van der Waals surface area contributed by atoms with E-state index in [1.54, 1.807) is 0 Å². The number of benzene rings is 1. The smallest absolute Gasteiger partial charge is 0.0897 e. The van der Waals surface area contributed by atoms with Crippen LogP contribution in [0.5, 0.6) is 0 Å². The van der Waals surface area contributed by atoms with Crippen molar-refractivity contribution in [1.82, 2.24) is 9.80 Å². The molecule has 1 atom stereocenters. The van der Waals surface area contributed by atoms with E-state index in [9.17, 15) is 5.11 Å². The van der Waals surface area contributed by atoms with Crippen LogP contribution >= 0.6 is 11.6 Å². The number of halogens is 1. The monoisotopic (exact) mass is 284 g/mol. The lowest BCUT2D eigenvalue weighted by molar-refractivity contribution is 0.0383. The van der Waals surface area contributed by atoms with E-state index in [1.807, 2.05) is 12.1 Å². The third-order valence-corrected chi connectivity index (χ3v) is 3.72. The van der Waals surface area contributed by atoms with Crippen LogP contribution in [0.3, 0.4) is 0 Å². The predicted octanol–water partition coefficient (Wildman–Crippen LogP) is 0.811. The Hall–Kier alpha value is -0.650. The van der Waals surface area contributed by atoms with Gasteiger partial charge in [-0.15, -0.1) is 0 Å². The quantitative estimate of drug-likeness (QED) is 0.840. The van der Waals surface area contributed by atoms with Crippen molar-refractivity contribution >= 4 is 11.6 Å². The number of rotatable bonds is 5. The maximum atomic E-state index is 9.42. The van der Waals surface area contributed by atoms with E-state index in [-0.39, 0.29) is 6.61 Å². The second-order valence-electron chi connectivity index (χ2n) is 5.04. The molecule has 2 rings (SSSR count). The molecule has 0 aromatic heterocycles. The van der Waals surface area contributed by atoms with Gasteiger partial charge in [-0.25, -0.2) is 0 Å². The molecule has 1 saturated heterocycles. The van der Waals surface area contributed by atoms with Crippen LogP contribution in [0, 0.1) is 0 Å². The van der Waals surface area contributed by atoms with Gasteiger partial charge in [-0.1, -0.05) is 23.7 Å². The molecule has 0 amide bonds. The zero-order valence-corrected chi connectivity index (χ0v) is 11.8. The fourth-order valence-electron chi connectivity index (χ4n) is 2.33. The van der Waals surface area contributed by atoms with Crippen LogP contribution in [-0.4, -0.2) is 65.4 Å². The van der Waals surface area contributed by atoms with Crippen molar-refractivity contribution in [2.75, 3.05) is 39.3 Å². The lowest BCUT2D eigenvalue weighted by atomic mass is 10.2. The van der Waals surface area contributed by atoms with Gasteiger partial charge >= 0.3 is 0 Å². The zero-order chi connectivity index (χ0) is 13.7. The minimum absolute atomic E-state index is 0.162. The molecule has 19 heavy (non-hydrogen) atoms. The molecule has 0 spiro atoms. The van der Waals surface area contributed by atoms with Gasteiger partial charge in [0.1, 0.15) is 0 Å². The molecule has 4 nitrogen and oxygen atoms in total. The number of nitrogens with zero attached hydrogens (tertiary/aromatic N) is 2. The number of aliphatic hydroxyl groups is 2. The first-order chi connectivity index (χ1) is 9.17. The molecule has 1 aromatic carbocycles. The summed E-state index contributed by atoms with van der Waals surface area (Å²) < 4.78 is 0. The van der Waals surface area contributed by atoms with E-state index >= 15 is 0 Å². The van der Waals surface area contributed by atoms with Crippen LogP contribution in [0.15, 0.2) is 24.3 Å². The van der Waals surface area contributed by atoms with Crippen molar-refractivity contribution in [3.05, 3.63) is 34.9 Å².